The summed E-state index contributed by atoms with van der Waals surface area (Å²) in [6.45, 7) is 3.24. The van der Waals surface area contributed by atoms with Crippen LogP contribution in [-0.2, 0) is 11.2 Å². The van der Waals surface area contributed by atoms with Gasteiger partial charge >= 0.3 is 0 Å². The zero-order valence-electron chi connectivity index (χ0n) is 13.6. The molecule has 22 heavy (non-hydrogen) atoms. The number of piperidine rings is 2. The zero-order chi connectivity index (χ0) is 15.4. The van der Waals surface area contributed by atoms with E-state index in [4.69, 9.17) is 0 Å². The average Bonchev–Trinajstić information content (AvgIpc) is 2.55. The Kier molecular flexibility index (Phi) is 5.08. The van der Waals surface area contributed by atoms with E-state index in [0.717, 1.165) is 44.6 Å². The third kappa shape index (κ3) is 3.67. The molecule has 0 unspecified atom stereocenters. The molecule has 2 aliphatic heterocycles. The summed E-state index contributed by atoms with van der Waals surface area (Å²) < 4.78 is 0. The zero-order valence-corrected chi connectivity index (χ0v) is 13.6. The summed E-state index contributed by atoms with van der Waals surface area (Å²) in [6, 6.07) is 6.48. The van der Waals surface area contributed by atoms with Crippen molar-refractivity contribution in [2.75, 3.05) is 26.7 Å². The number of amides is 1. The Balaban J connectivity index is 1.51. The topological polar surface area (TPSA) is 36.4 Å². The van der Waals surface area contributed by atoms with Crippen molar-refractivity contribution in [3.05, 3.63) is 30.1 Å². The Morgan fingerprint density at radius 2 is 2.23 bits per heavy atom. The number of carbonyl (C=O) groups is 1. The Morgan fingerprint density at radius 3 is 3.05 bits per heavy atom. The smallest absolute Gasteiger partial charge is 0.222 e. The second-order valence-corrected chi connectivity index (χ2v) is 6.78. The molecule has 0 radical (unpaired) electrons. The molecule has 3 heterocycles. The third-order valence-electron chi connectivity index (χ3n) is 5.14. The fourth-order valence-electron chi connectivity index (χ4n) is 4.01. The minimum absolute atomic E-state index is 0.357. The number of fused-ring (bicyclic) bond motifs is 1. The summed E-state index contributed by atoms with van der Waals surface area (Å²) in [5, 5.41) is 0. The lowest BCUT2D eigenvalue weighted by Crippen LogP contribution is -2.55. The molecule has 1 aromatic rings. The molecule has 0 spiro atoms. The summed E-state index contributed by atoms with van der Waals surface area (Å²) in [5.74, 6) is 1.04. The van der Waals surface area contributed by atoms with Gasteiger partial charge in [0.2, 0.25) is 5.91 Å². The van der Waals surface area contributed by atoms with E-state index in [1.165, 1.54) is 12.8 Å². The Morgan fingerprint density at radius 1 is 1.32 bits per heavy atom. The first-order valence-corrected chi connectivity index (χ1v) is 8.62. The minimum Gasteiger partial charge on any atom is -0.339 e. The number of rotatable bonds is 4. The number of carbonyl (C=O) groups excluding carboxylic acids is 1. The molecule has 4 nitrogen and oxygen atoms in total. The number of pyridine rings is 1. The molecule has 1 amide bonds. The monoisotopic (exact) mass is 301 g/mol. The first-order chi connectivity index (χ1) is 10.7. The fourth-order valence-corrected chi connectivity index (χ4v) is 4.01. The molecule has 0 saturated carbocycles. The largest absolute Gasteiger partial charge is 0.339 e. The molecule has 2 atom stereocenters. The molecule has 0 aromatic carbocycles. The van der Waals surface area contributed by atoms with Gasteiger partial charge in [-0.1, -0.05) is 6.07 Å². The van der Waals surface area contributed by atoms with Crippen LogP contribution >= 0.6 is 0 Å². The maximum Gasteiger partial charge on any atom is 0.222 e. The SMILES string of the molecule is CN1CC[C@H]2[C@@H](CCCN2C(=O)CCCc2ccccn2)C1. The first kappa shape index (κ1) is 15.5. The van der Waals surface area contributed by atoms with Gasteiger partial charge < -0.3 is 9.80 Å². The van der Waals surface area contributed by atoms with E-state index in [1.807, 2.05) is 24.4 Å². The molecular formula is C18H27N3O. The Hall–Kier alpha value is -1.42. The summed E-state index contributed by atoms with van der Waals surface area (Å²) in [4.78, 5) is 21.6. The van der Waals surface area contributed by atoms with Gasteiger partial charge in [-0.15, -0.1) is 0 Å². The van der Waals surface area contributed by atoms with Crippen molar-refractivity contribution in [2.24, 2.45) is 5.92 Å². The highest BCUT2D eigenvalue weighted by atomic mass is 16.2. The van der Waals surface area contributed by atoms with Crippen molar-refractivity contribution in [1.29, 1.82) is 0 Å². The van der Waals surface area contributed by atoms with Crippen LogP contribution in [0.5, 0.6) is 0 Å². The number of nitrogens with zero attached hydrogens (tertiary/aromatic N) is 3. The molecule has 0 bridgehead atoms. The number of hydrogen-bond acceptors (Lipinski definition) is 3. The van der Waals surface area contributed by atoms with Crippen molar-refractivity contribution in [1.82, 2.24) is 14.8 Å². The Bertz CT molecular complexity index is 490. The molecule has 0 N–H and O–H groups in total. The maximum atomic E-state index is 12.6. The van der Waals surface area contributed by atoms with E-state index in [2.05, 4.69) is 21.8 Å². The lowest BCUT2D eigenvalue weighted by Gasteiger charge is -2.46. The molecular weight excluding hydrogens is 274 g/mol. The molecule has 2 aliphatic rings. The highest BCUT2D eigenvalue weighted by molar-refractivity contribution is 5.76. The van der Waals surface area contributed by atoms with Crippen molar-refractivity contribution in [3.63, 3.8) is 0 Å². The van der Waals surface area contributed by atoms with Crippen LogP contribution < -0.4 is 0 Å². The van der Waals surface area contributed by atoms with Crippen molar-refractivity contribution in [3.8, 4) is 0 Å². The van der Waals surface area contributed by atoms with E-state index < -0.39 is 0 Å². The molecule has 0 aliphatic carbocycles. The minimum atomic E-state index is 0.357. The van der Waals surface area contributed by atoms with Crippen LogP contribution in [0.3, 0.4) is 0 Å². The van der Waals surface area contributed by atoms with Crippen LogP contribution in [0, 0.1) is 5.92 Å². The van der Waals surface area contributed by atoms with Gasteiger partial charge in [0.1, 0.15) is 0 Å². The molecule has 2 saturated heterocycles. The fraction of sp³-hybridized carbons (Fsp3) is 0.667. The first-order valence-electron chi connectivity index (χ1n) is 8.62. The van der Waals surface area contributed by atoms with E-state index >= 15 is 0 Å². The quantitative estimate of drug-likeness (QED) is 0.856. The van der Waals surface area contributed by atoms with Gasteiger partial charge in [-0.2, -0.15) is 0 Å². The van der Waals surface area contributed by atoms with Crippen LogP contribution in [0.15, 0.2) is 24.4 Å². The van der Waals surface area contributed by atoms with Gasteiger partial charge in [0.05, 0.1) is 0 Å². The van der Waals surface area contributed by atoms with Crippen molar-refractivity contribution < 1.29 is 4.79 Å². The van der Waals surface area contributed by atoms with Crippen molar-refractivity contribution >= 4 is 5.91 Å². The molecule has 2 fully saturated rings. The molecule has 3 rings (SSSR count). The van der Waals surface area contributed by atoms with Crippen LogP contribution in [-0.4, -0.2) is 53.4 Å². The van der Waals surface area contributed by atoms with E-state index in [9.17, 15) is 4.79 Å². The normalized spacial score (nSPS) is 25.8. The van der Waals surface area contributed by atoms with Gasteiger partial charge in [-0.05, 0) is 63.7 Å². The Labute approximate surface area is 133 Å². The average molecular weight is 301 g/mol. The lowest BCUT2D eigenvalue weighted by atomic mass is 9.84. The predicted molar refractivity (Wildman–Crippen MR) is 87.5 cm³/mol. The summed E-state index contributed by atoms with van der Waals surface area (Å²) in [6.07, 6.45) is 7.89. The highest BCUT2D eigenvalue weighted by Gasteiger charge is 2.36. The molecule has 1 aromatic heterocycles. The number of aromatic nitrogens is 1. The summed E-state index contributed by atoms with van der Waals surface area (Å²) in [7, 11) is 2.20. The van der Waals surface area contributed by atoms with Gasteiger partial charge in [-0.25, -0.2) is 0 Å². The van der Waals surface area contributed by atoms with E-state index in [1.54, 1.807) is 0 Å². The molecule has 120 valence electrons. The van der Waals surface area contributed by atoms with Crippen LogP contribution in [0.25, 0.3) is 0 Å². The second-order valence-electron chi connectivity index (χ2n) is 6.78. The number of aryl methyl sites for hydroxylation is 1. The number of likely N-dealkylation sites (tertiary alicyclic amines) is 2. The van der Waals surface area contributed by atoms with Crippen LogP contribution in [0.1, 0.15) is 37.8 Å². The van der Waals surface area contributed by atoms with E-state index in [0.29, 0.717) is 24.3 Å². The highest BCUT2D eigenvalue weighted by Crippen LogP contribution is 2.30. The van der Waals surface area contributed by atoms with Gasteiger partial charge in [0.15, 0.2) is 0 Å². The van der Waals surface area contributed by atoms with Crippen LogP contribution in [0.4, 0.5) is 0 Å². The van der Waals surface area contributed by atoms with E-state index in [-0.39, 0.29) is 0 Å². The lowest BCUT2D eigenvalue weighted by molar-refractivity contribution is -0.138. The summed E-state index contributed by atoms with van der Waals surface area (Å²) >= 11 is 0. The van der Waals surface area contributed by atoms with Crippen molar-refractivity contribution in [2.45, 2.75) is 44.6 Å². The third-order valence-corrected chi connectivity index (χ3v) is 5.14. The van der Waals surface area contributed by atoms with Crippen LogP contribution in [0.2, 0.25) is 0 Å². The molecule has 4 heteroatoms. The standard InChI is InChI=1S/C18H27N3O/c1-20-13-10-17-15(14-20)6-5-12-21(17)18(22)9-4-8-16-7-2-3-11-19-16/h2-3,7,11,15,17H,4-6,8-10,12-14H2,1H3/t15-,17-/m0/s1. The second kappa shape index (κ2) is 7.23. The van der Waals surface area contributed by atoms with Gasteiger partial charge in [-0.3, -0.25) is 9.78 Å². The predicted octanol–water partition coefficient (Wildman–Crippen LogP) is 2.35. The van der Waals surface area contributed by atoms with Gasteiger partial charge in [0, 0.05) is 37.4 Å². The summed E-state index contributed by atoms with van der Waals surface area (Å²) in [5.41, 5.74) is 1.09. The number of hydrogen-bond donors (Lipinski definition) is 0. The van der Waals surface area contributed by atoms with Gasteiger partial charge in [0.25, 0.3) is 0 Å². The maximum absolute atomic E-state index is 12.6.